The fourth-order valence-corrected chi connectivity index (χ4v) is 3.46. The number of aliphatic imine (C=N–C) groups is 1. The van der Waals surface area contributed by atoms with Gasteiger partial charge in [0.1, 0.15) is 5.82 Å². The van der Waals surface area contributed by atoms with Crippen LogP contribution in [0.25, 0.3) is 0 Å². The molecule has 1 aliphatic rings. The Bertz CT molecular complexity index is 855. The first-order valence-corrected chi connectivity index (χ1v) is 8.24. The van der Waals surface area contributed by atoms with Gasteiger partial charge in [-0.1, -0.05) is 78.9 Å². The number of rotatable bonds is 3. The lowest BCUT2D eigenvalue weighted by Crippen LogP contribution is -2.06. The SMILES string of the molecule is Fc1ccccc1C1=N[C@H](c2ccccc2)[C@@H](c2ccccc2)C1. The van der Waals surface area contributed by atoms with E-state index in [1.165, 1.54) is 17.2 Å². The van der Waals surface area contributed by atoms with Gasteiger partial charge in [0.05, 0.1) is 6.04 Å². The van der Waals surface area contributed by atoms with E-state index in [-0.39, 0.29) is 17.8 Å². The van der Waals surface area contributed by atoms with Gasteiger partial charge in [-0.2, -0.15) is 0 Å². The highest BCUT2D eigenvalue weighted by atomic mass is 19.1. The topological polar surface area (TPSA) is 12.4 Å². The molecule has 1 nitrogen and oxygen atoms in total. The van der Waals surface area contributed by atoms with E-state index in [1.807, 2.05) is 36.4 Å². The number of halogens is 1. The molecule has 4 rings (SSSR count). The van der Waals surface area contributed by atoms with E-state index in [0.29, 0.717) is 5.56 Å². The van der Waals surface area contributed by atoms with Gasteiger partial charge >= 0.3 is 0 Å². The van der Waals surface area contributed by atoms with Crippen molar-refractivity contribution < 1.29 is 4.39 Å². The molecule has 3 aromatic carbocycles. The van der Waals surface area contributed by atoms with Gasteiger partial charge in [-0.15, -0.1) is 0 Å². The maximum absolute atomic E-state index is 14.2. The first kappa shape index (κ1) is 14.8. The van der Waals surface area contributed by atoms with E-state index >= 15 is 0 Å². The number of nitrogens with zero attached hydrogens (tertiary/aromatic N) is 1. The molecule has 0 aliphatic carbocycles. The summed E-state index contributed by atoms with van der Waals surface area (Å²) in [5.41, 5.74) is 3.91. The minimum atomic E-state index is -0.197. The second kappa shape index (κ2) is 6.40. The third-order valence-corrected chi connectivity index (χ3v) is 4.64. The van der Waals surface area contributed by atoms with Crippen molar-refractivity contribution >= 4 is 5.71 Å². The predicted molar refractivity (Wildman–Crippen MR) is 95.9 cm³/mol. The Morgan fingerprint density at radius 1 is 0.708 bits per heavy atom. The van der Waals surface area contributed by atoms with E-state index in [2.05, 4.69) is 36.4 Å². The van der Waals surface area contributed by atoms with Crippen LogP contribution in [0, 0.1) is 5.82 Å². The molecule has 1 heterocycles. The summed E-state index contributed by atoms with van der Waals surface area (Å²) in [4.78, 5) is 4.92. The highest BCUT2D eigenvalue weighted by Gasteiger charge is 2.32. The highest BCUT2D eigenvalue weighted by Crippen LogP contribution is 2.43. The van der Waals surface area contributed by atoms with E-state index < -0.39 is 0 Å². The van der Waals surface area contributed by atoms with Gasteiger partial charge in [0.15, 0.2) is 0 Å². The van der Waals surface area contributed by atoms with Crippen molar-refractivity contribution in [3.05, 3.63) is 107 Å². The Balaban J connectivity index is 1.77. The molecular formula is C22H18FN. The molecule has 0 saturated heterocycles. The molecule has 0 fully saturated rings. The molecule has 0 amide bonds. The number of hydrogen-bond donors (Lipinski definition) is 0. The third-order valence-electron chi connectivity index (χ3n) is 4.64. The molecule has 0 aromatic heterocycles. The zero-order chi connectivity index (χ0) is 16.4. The summed E-state index contributed by atoms with van der Waals surface area (Å²) in [5, 5.41) is 0. The van der Waals surface area contributed by atoms with Crippen molar-refractivity contribution in [2.24, 2.45) is 4.99 Å². The zero-order valence-corrected chi connectivity index (χ0v) is 13.3. The maximum atomic E-state index is 14.2. The van der Waals surface area contributed by atoms with E-state index in [1.54, 1.807) is 6.07 Å². The largest absolute Gasteiger partial charge is 0.280 e. The summed E-state index contributed by atoms with van der Waals surface area (Å²) in [6, 6.07) is 27.7. The van der Waals surface area contributed by atoms with Crippen molar-refractivity contribution in [1.82, 2.24) is 0 Å². The molecular weight excluding hydrogens is 297 g/mol. The molecule has 118 valence electrons. The van der Waals surface area contributed by atoms with Crippen LogP contribution in [0.2, 0.25) is 0 Å². The average Bonchev–Trinajstić information content (AvgIpc) is 3.09. The standard InChI is InChI=1S/C22H18FN/c23-20-14-8-7-13-18(20)21-15-19(16-9-3-1-4-10-16)22(24-21)17-11-5-2-6-12-17/h1-14,19,22H,15H2/t19-,22-/m1/s1. The Hall–Kier alpha value is -2.74. The molecule has 2 atom stereocenters. The van der Waals surface area contributed by atoms with Crippen LogP contribution in [-0.2, 0) is 0 Å². The predicted octanol–water partition coefficient (Wildman–Crippen LogP) is 5.54. The van der Waals surface area contributed by atoms with Gasteiger partial charge in [0.2, 0.25) is 0 Å². The summed E-state index contributed by atoms with van der Waals surface area (Å²) >= 11 is 0. The third kappa shape index (κ3) is 2.76. The fourth-order valence-electron chi connectivity index (χ4n) is 3.46. The Labute approximate surface area is 141 Å². The van der Waals surface area contributed by atoms with Crippen molar-refractivity contribution in [3.8, 4) is 0 Å². The molecule has 0 radical (unpaired) electrons. The molecule has 0 bridgehead atoms. The molecule has 3 aromatic rings. The second-order valence-electron chi connectivity index (χ2n) is 6.13. The van der Waals surface area contributed by atoms with Crippen LogP contribution in [0.5, 0.6) is 0 Å². The smallest absolute Gasteiger partial charge is 0.132 e. The second-order valence-corrected chi connectivity index (χ2v) is 6.13. The minimum Gasteiger partial charge on any atom is -0.280 e. The summed E-state index contributed by atoms with van der Waals surface area (Å²) in [6.45, 7) is 0. The number of hydrogen-bond acceptors (Lipinski definition) is 1. The van der Waals surface area contributed by atoms with Gasteiger partial charge in [-0.05, 0) is 23.6 Å². The lowest BCUT2D eigenvalue weighted by atomic mass is 9.86. The van der Waals surface area contributed by atoms with Crippen LogP contribution >= 0.6 is 0 Å². The average molecular weight is 315 g/mol. The lowest BCUT2D eigenvalue weighted by molar-refractivity contribution is 0.613. The monoisotopic (exact) mass is 315 g/mol. The van der Waals surface area contributed by atoms with Crippen molar-refractivity contribution in [3.63, 3.8) is 0 Å². The van der Waals surface area contributed by atoms with Gasteiger partial charge in [0, 0.05) is 17.2 Å². The Kier molecular flexibility index (Phi) is 3.96. The van der Waals surface area contributed by atoms with Gasteiger partial charge < -0.3 is 0 Å². The van der Waals surface area contributed by atoms with Crippen LogP contribution in [0.15, 0.2) is 89.9 Å². The zero-order valence-electron chi connectivity index (χ0n) is 13.3. The fraction of sp³-hybridized carbons (Fsp3) is 0.136. The Morgan fingerprint density at radius 2 is 1.29 bits per heavy atom. The van der Waals surface area contributed by atoms with Crippen molar-refractivity contribution in [1.29, 1.82) is 0 Å². The first-order valence-electron chi connectivity index (χ1n) is 8.24. The molecule has 1 aliphatic heterocycles. The van der Waals surface area contributed by atoms with Gasteiger partial charge in [0.25, 0.3) is 0 Å². The van der Waals surface area contributed by atoms with Gasteiger partial charge in [-0.3, -0.25) is 4.99 Å². The Morgan fingerprint density at radius 3 is 1.96 bits per heavy atom. The first-order chi connectivity index (χ1) is 11.8. The molecule has 0 N–H and O–H groups in total. The van der Waals surface area contributed by atoms with E-state index in [9.17, 15) is 4.39 Å². The van der Waals surface area contributed by atoms with Crippen LogP contribution in [0.4, 0.5) is 4.39 Å². The highest BCUT2D eigenvalue weighted by molar-refractivity contribution is 6.02. The summed E-state index contributed by atoms with van der Waals surface area (Å²) in [6.07, 6.45) is 0.754. The molecule has 0 unspecified atom stereocenters. The summed E-state index contributed by atoms with van der Waals surface area (Å²) < 4.78 is 14.2. The van der Waals surface area contributed by atoms with Crippen LogP contribution in [0.1, 0.15) is 35.1 Å². The normalized spacial score (nSPS) is 20.0. The molecule has 0 spiro atoms. The summed E-state index contributed by atoms with van der Waals surface area (Å²) in [5.74, 6) is 0.0416. The quantitative estimate of drug-likeness (QED) is 0.601. The molecule has 0 saturated carbocycles. The lowest BCUT2D eigenvalue weighted by Gasteiger charge is -2.18. The van der Waals surface area contributed by atoms with Crippen LogP contribution < -0.4 is 0 Å². The van der Waals surface area contributed by atoms with E-state index in [4.69, 9.17) is 4.99 Å². The molecule has 2 heteroatoms. The van der Waals surface area contributed by atoms with Crippen LogP contribution in [-0.4, -0.2) is 5.71 Å². The minimum absolute atomic E-state index is 0.0307. The van der Waals surface area contributed by atoms with E-state index in [0.717, 1.165) is 12.1 Å². The van der Waals surface area contributed by atoms with Crippen molar-refractivity contribution in [2.45, 2.75) is 18.4 Å². The summed E-state index contributed by atoms with van der Waals surface area (Å²) in [7, 11) is 0. The van der Waals surface area contributed by atoms with Crippen LogP contribution in [0.3, 0.4) is 0 Å². The number of benzene rings is 3. The molecule has 24 heavy (non-hydrogen) atoms. The van der Waals surface area contributed by atoms with Gasteiger partial charge in [-0.25, -0.2) is 4.39 Å². The van der Waals surface area contributed by atoms with Crippen molar-refractivity contribution in [2.75, 3.05) is 0 Å². The maximum Gasteiger partial charge on any atom is 0.132 e.